The van der Waals surface area contributed by atoms with Crippen molar-refractivity contribution in [2.75, 3.05) is 20.1 Å². The van der Waals surface area contributed by atoms with Crippen molar-refractivity contribution in [3.05, 3.63) is 49.2 Å². The maximum absolute atomic E-state index is 4.82. The molecular formula is C16H25N3. The summed E-state index contributed by atoms with van der Waals surface area (Å²) in [5.41, 5.74) is 0.996. The van der Waals surface area contributed by atoms with E-state index in [9.17, 15) is 0 Å². The van der Waals surface area contributed by atoms with E-state index in [1.54, 1.807) is 12.2 Å². The Bertz CT molecular complexity index is 422. The van der Waals surface area contributed by atoms with E-state index in [-0.39, 0.29) is 5.54 Å². The number of guanidine groups is 1. The van der Waals surface area contributed by atoms with Crippen molar-refractivity contribution >= 4 is 5.96 Å². The summed E-state index contributed by atoms with van der Waals surface area (Å²) in [6.07, 6.45) is 9.54. The molecule has 0 radical (unpaired) electrons. The molecule has 0 saturated carbocycles. The summed E-state index contributed by atoms with van der Waals surface area (Å²) in [7, 11) is 2.08. The highest BCUT2D eigenvalue weighted by Gasteiger charge is 2.27. The molecule has 1 aliphatic heterocycles. The number of rotatable bonds is 4. The molecule has 0 bridgehead atoms. The van der Waals surface area contributed by atoms with Gasteiger partial charge in [0.05, 0.1) is 5.54 Å². The third-order valence-corrected chi connectivity index (χ3v) is 2.68. The number of hydrogen-bond donors (Lipinski definition) is 0. The van der Waals surface area contributed by atoms with Gasteiger partial charge in [-0.25, -0.2) is 4.99 Å². The van der Waals surface area contributed by atoms with Crippen LogP contribution < -0.4 is 0 Å². The van der Waals surface area contributed by atoms with Crippen LogP contribution in [0.15, 0.2) is 54.2 Å². The predicted octanol–water partition coefficient (Wildman–Crippen LogP) is 3.20. The van der Waals surface area contributed by atoms with Gasteiger partial charge >= 0.3 is 0 Å². The minimum atomic E-state index is -0.0897. The van der Waals surface area contributed by atoms with E-state index in [0.717, 1.165) is 24.7 Å². The predicted molar refractivity (Wildman–Crippen MR) is 84.1 cm³/mol. The van der Waals surface area contributed by atoms with E-state index in [1.165, 1.54) is 0 Å². The Kier molecular flexibility index (Phi) is 5.16. The Morgan fingerprint density at radius 2 is 1.89 bits per heavy atom. The van der Waals surface area contributed by atoms with Gasteiger partial charge in [-0.05, 0) is 32.9 Å². The van der Waals surface area contributed by atoms with E-state index in [0.29, 0.717) is 0 Å². The van der Waals surface area contributed by atoms with Crippen LogP contribution in [0.3, 0.4) is 0 Å². The standard InChI is InChI=1S/C16H25N3/c1-7-9-11-14(10-8-2)19-13-12-18(6)15(19)17-16(3,4)5/h7-11H,1-2,12-13H2,3-6H3/b11-9-,14-10+,17-15?. The smallest absolute Gasteiger partial charge is 0.201 e. The molecule has 1 fully saturated rings. The van der Waals surface area contributed by atoms with Gasteiger partial charge < -0.3 is 9.80 Å². The molecule has 0 aromatic heterocycles. The van der Waals surface area contributed by atoms with Gasteiger partial charge in [0, 0.05) is 25.8 Å². The maximum atomic E-state index is 4.82. The fourth-order valence-electron chi connectivity index (χ4n) is 1.87. The molecule has 1 rings (SSSR count). The normalized spacial score (nSPS) is 19.6. The molecule has 3 heteroatoms. The summed E-state index contributed by atoms with van der Waals surface area (Å²) in [6, 6.07) is 0. The monoisotopic (exact) mass is 259 g/mol. The SMILES string of the molecule is C=C/C=C\C(=C/C=C)N1CCN(C)C1=NC(C)(C)C. The molecule has 1 saturated heterocycles. The van der Waals surface area contributed by atoms with Crippen molar-refractivity contribution in [2.45, 2.75) is 26.3 Å². The van der Waals surface area contributed by atoms with Gasteiger partial charge in [-0.2, -0.15) is 0 Å². The maximum Gasteiger partial charge on any atom is 0.201 e. The molecule has 104 valence electrons. The average Bonchev–Trinajstić information content (AvgIpc) is 2.65. The van der Waals surface area contributed by atoms with Gasteiger partial charge in [0.15, 0.2) is 0 Å². The van der Waals surface area contributed by atoms with E-state index in [2.05, 4.69) is 50.8 Å². The van der Waals surface area contributed by atoms with E-state index < -0.39 is 0 Å². The third-order valence-electron chi connectivity index (χ3n) is 2.68. The van der Waals surface area contributed by atoms with Gasteiger partial charge in [0.25, 0.3) is 0 Å². The Labute approximate surface area is 117 Å². The molecule has 0 aromatic carbocycles. The zero-order valence-corrected chi connectivity index (χ0v) is 12.6. The first-order valence-electron chi connectivity index (χ1n) is 6.59. The number of likely N-dealkylation sites (N-methyl/N-ethyl adjacent to an activating group) is 1. The number of hydrogen-bond acceptors (Lipinski definition) is 1. The van der Waals surface area contributed by atoms with E-state index in [1.807, 2.05) is 18.2 Å². The first-order valence-corrected chi connectivity index (χ1v) is 6.59. The van der Waals surface area contributed by atoms with Crippen LogP contribution in [0.5, 0.6) is 0 Å². The third kappa shape index (κ3) is 4.43. The highest BCUT2D eigenvalue weighted by Crippen LogP contribution is 2.19. The quantitative estimate of drug-likeness (QED) is 0.722. The summed E-state index contributed by atoms with van der Waals surface area (Å²) in [4.78, 5) is 9.22. The van der Waals surface area contributed by atoms with Crippen LogP contribution in [0.4, 0.5) is 0 Å². The summed E-state index contributed by atoms with van der Waals surface area (Å²) >= 11 is 0. The van der Waals surface area contributed by atoms with Gasteiger partial charge in [0.2, 0.25) is 5.96 Å². The fourth-order valence-corrected chi connectivity index (χ4v) is 1.87. The molecular weight excluding hydrogens is 234 g/mol. The molecule has 1 heterocycles. The second-order valence-corrected chi connectivity index (χ2v) is 5.58. The number of nitrogens with zero attached hydrogens (tertiary/aromatic N) is 3. The van der Waals surface area contributed by atoms with Crippen molar-refractivity contribution in [3.8, 4) is 0 Å². The zero-order valence-electron chi connectivity index (χ0n) is 12.6. The Morgan fingerprint density at radius 3 is 2.42 bits per heavy atom. The Morgan fingerprint density at radius 1 is 1.21 bits per heavy atom. The summed E-state index contributed by atoms with van der Waals surface area (Å²) in [5, 5.41) is 0. The topological polar surface area (TPSA) is 18.8 Å². The molecule has 19 heavy (non-hydrogen) atoms. The van der Waals surface area contributed by atoms with Crippen LogP contribution in [0.2, 0.25) is 0 Å². The van der Waals surface area contributed by atoms with Gasteiger partial charge in [-0.15, -0.1) is 0 Å². The van der Waals surface area contributed by atoms with E-state index in [4.69, 9.17) is 4.99 Å². The van der Waals surface area contributed by atoms with Crippen LogP contribution >= 0.6 is 0 Å². The molecule has 1 aliphatic rings. The van der Waals surface area contributed by atoms with E-state index >= 15 is 0 Å². The summed E-state index contributed by atoms with van der Waals surface area (Å²) in [5.74, 6) is 1.01. The van der Waals surface area contributed by atoms with Crippen molar-refractivity contribution in [2.24, 2.45) is 4.99 Å². The van der Waals surface area contributed by atoms with Gasteiger partial charge in [0.1, 0.15) is 0 Å². The second-order valence-electron chi connectivity index (χ2n) is 5.58. The number of aliphatic imine (C=N–C) groups is 1. The first-order chi connectivity index (χ1) is 8.89. The molecule has 0 amide bonds. The number of allylic oxidation sites excluding steroid dienone is 5. The van der Waals surface area contributed by atoms with Crippen molar-refractivity contribution < 1.29 is 0 Å². The Balaban J connectivity index is 3.12. The first kappa shape index (κ1) is 15.3. The van der Waals surface area contributed by atoms with Crippen molar-refractivity contribution in [1.82, 2.24) is 9.80 Å². The lowest BCUT2D eigenvalue weighted by Crippen LogP contribution is -2.33. The molecule has 3 nitrogen and oxygen atoms in total. The average molecular weight is 259 g/mol. The summed E-state index contributed by atoms with van der Waals surface area (Å²) in [6.45, 7) is 15.7. The zero-order chi connectivity index (χ0) is 14.5. The van der Waals surface area contributed by atoms with Crippen LogP contribution in [-0.4, -0.2) is 41.4 Å². The van der Waals surface area contributed by atoms with Crippen molar-refractivity contribution in [3.63, 3.8) is 0 Å². The minimum absolute atomic E-state index is 0.0897. The van der Waals surface area contributed by atoms with Crippen LogP contribution in [0.1, 0.15) is 20.8 Å². The fraction of sp³-hybridized carbons (Fsp3) is 0.438. The molecule has 0 aliphatic carbocycles. The summed E-state index contributed by atoms with van der Waals surface area (Å²) < 4.78 is 0. The van der Waals surface area contributed by atoms with Gasteiger partial charge in [-0.1, -0.05) is 31.4 Å². The lowest BCUT2D eigenvalue weighted by atomic mass is 10.1. The van der Waals surface area contributed by atoms with Crippen molar-refractivity contribution in [1.29, 1.82) is 0 Å². The molecule has 0 unspecified atom stereocenters. The molecule has 0 spiro atoms. The van der Waals surface area contributed by atoms with Crippen LogP contribution in [-0.2, 0) is 0 Å². The lowest BCUT2D eigenvalue weighted by Gasteiger charge is -2.25. The molecule has 0 N–H and O–H groups in total. The van der Waals surface area contributed by atoms with Crippen LogP contribution in [0, 0.1) is 0 Å². The largest absolute Gasteiger partial charge is 0.344 e. The lowest BCUT2D eigenvalue weighted by molar-refractivity contribution is 0.520. The van der Waals surface area contributed by atoms with Gasteiger partial charge in [-0.3, -0.25) is 0 Å². The molecule has 0 atom stereocenters. The van der Waals surface area contributed by atoms with Crippen LogP contribution in [0.25, 0.3) is 0 Å². The second kappa shape index (κ2) is 6.41. The minimum Gasteiger partial charge on any atom is -0.344 e. The molecule has 0 aromatic rings. The highest BCUT2D eigenvalue weighted by atomic mass is 15.4. The Hall–Kier alpha value is -1.77. The highest BCUT2D eigenvalue weighted by molar-refractivity contribution is 5.84.